The van der Waals surface area contributed by atoms with Gasteiger partial charge in [0.2, 0.25) is 0 Å². The maximum absolute atomic E-state index is 6.03. The Labute approximate surface area is 183 Å². The predicted octanol–water partition coefficient (Wildman–Crippen LogP) is 5.88. The van der Waals surface area contributed by atoms with Crippen molar-refractivity contribution in [2.75, 3.05) is 7.11 Å². The van der Waals surface area contributed by atoms with E-state index in [-0.39, 0.29) is 0 Å². The topological polar surface area (TPSA) is 65.5 Å². The molecular formula is C26H18N4O2. The first-order valence-corrected chi connectivity index (χ1v) is 10.3. The number of methoxy groups -OCH3 is 1. The number of furan rings is 1. The summed E-state index contributed by atoms with van der Waals surface area (Å²) >= 11 is 0. The monoisotopic (exact) mass is 418 g/mol. The van der Waals surface area contributed by atoms with Crippen molar-refractivity contribution in [3.05, 3.63) is 91.0 Å². The van der Waals surface area contributed by atoms with Crippen molar-refractivity contribution in [2.45, 2.75) is 0 Å². The van der Waals surface area contributed by atoms with E-state index in [1.807, 2.05) is 78.9 Å². The lowest BCUT2D eigenvalue weighted by atomic mass is 10.1. The molecule has 0 fully saturated rings. The molecule has 0 amide bonds. The molecule has 3 heterocycles. The van der Waals surface area contributed by atoms with Gasteiger partial charge >= 0.3 is 0 Å². The second-order valence-corrected chi connectivity index (χ2v) is 7.39. The minimum Gasteiger partial charge on any atom is -0.497 e. The highest BCUT2D eigenvalue weighted by Crippen LogP contribution is 2.33. The van der Waals surface area contributed by atoms with Crippen LogP contribution in [-0.2, 0) is 0 Å². The number of imidazole rings is 1. The molecule has 0 saturated heterocycles. The van der Waals surface area contributed by atoms with E-state index in [4.69, 9.17) is 19.2 Å². The van der Waals surface area contributed by atoms with Gasteiger partial charge < -0.3 is 9.15 Å². The molecule has 0 spiro atoms. The minimum atomic E-state index is 0.451. The Bertz CT molecular complexity index is 1540. The molecule has 0 aliphatic rings. The van der Waals surface area contributed by atoms with Crippen LogP contribution >= 0.6 is 0 Å². The van der Waals surface area contributed by atoms with E-state index in [2.05, 4.69) is 17.1 Å². The fourth-order valence-corrected chi connectivity index (χ4v) is 3.84. The van der Waals surface area contributed by atoms with Crippen LogP contribution in [0.1, 0.15) is 0 Å². The Morgan fingerprint density at radius 3 is 2.12 bits per heavy atom. The number of rotatable bonds is 4. The van der Waals surface area contributed by atoms with Crippen molar-refractivity contribution in [1.29, 1.82) is 0 Å². The molecule has 0 unspecified atom stereocenters. The van der Waals surface area contributed by atoms with Crippen LogP contribution < -0.4 is 4.74 Å². The van der Waals surface area contributed by atoms with Gasteiger partial charge in [0.15, 0.2) is 5.52 Å². The highest BCUT2D eigenvalue weighted by molar-refractivity contribution is 5.83. The molecule has 0 saturated carbocycles. The second kappa shape index (κ2) is 7.35. The van der Waals surface area contributed by atoms with Gasteiger partial charge in [0, 0.05) is 22.8 Å². The van der Waals surface area contributed by atoms with Crippen LogP contribution in [0.4, 0.5) is 0 Å². The molecule has 0 aliphatic carbocycles. The molecule has 0 N–H and O–H groups in total. The fourth-order valence-electron chi connectivity index (χ4n) is 3.84. The highest BCUT2D eigenvalue weighted by atomic mass is 16.5. The van der Waals surface area contributed by atoms with Crippen LogP contribution in [0.5, 0.6) is 5.75 Å². The summed E-state index contributed by atoms with van der Waals surface area (Å²) in [6.45, 7) is 0. The first kappa shape index (κ1) is 18.3. The van der Waals surface area contributed by atoms with E-state index in [1.165, 1.54) is 0 Å². The lowest BCUT2D eigenvalue weighted by molar-refractivity contribution is 0.415. The maximum Gasteiger partial charge on any atom is 0.255 e. The molecule has 6 aromatic rings. The third kappa shape index (κ3) is 3.01. The van der Waals surface area contributed by atoms with Crippen LogP contribution in [0, 0.1) is 0 Å². The summed E-state index contributed by atoms with van der Waals surface area (Å²) < 4.78 is 13.1. The van der Waals surface area contributed by atoms with Crippen LogP contribution in [-0.4, -0.2) is 26.7 Å². The molecule has 0 aliphatic heterocycles. The van der Waals surface area contributed by atoms with Gasteiger partial charge in [-0.25, -0.2) is 4.98 Å². The summed E-state index contributed by atoms with van der Waals surface area (Å²) in [6, 6.07) is 29.8. The molecule has 6 heteroatoms. The number of benzene rings is 3. The second-order valence-electron chi connectivity index (χ2n) is 7.39. The molecule has 0 bridgehead atoms. The first-order valence-electron chi connectivity index (χ1n) is 10.3. The lowest BCUT2D eigenvalue weighted by Crippen LogP contribution is -1.96. The van der Waals surface area contributed by atoms with Crippen molar-refractivity contribution in [3.8, 4) is 39.6 Å². The predicted molar refractivity (Wildman–Crippen MR) is 123 cm³/mol. The van der Waals surface area contributed by atoms with Gasteiger partial charge in [-0.3, -0.25) is 0 Å². The van der Waals surface area contributed by atoms with Gasteiger partial charge in [0.25, 0.3) is 11.5 Å². The zero-order valence-electron chi connectivity index (χ0n) is 17.3. The molecule has 32 heavy (non-hydrogen) atoms. The van der Waals surface area contributed by atoms with Crippen molar-refractivity contribution in [1.82, 2.24) is 19.6 Å². The molecule has 154 valence electrons. The Morgan fingerprint density at radius 1 is 0.750 bits per heavy atom. The third-order valence-electron chi connectivity index (χ3n) is 5.41. The van der Waals surface area contributed by atoms with E-state index < -0.39 is 0 Å². The highest BCUT2D eigenvalue weighted by Gasteiger charge is 2.20. The van der Waals surface area contributed by atoms with Gasteiger partial charge in [0.1, 0.15) is 22.9 Å². The summed E-state index contributed by atoms with van der Waals surface area (Å²) in [6.07, 6.45) is 0. The van der Waals surface area contributed by atoms with Crippen LogP contribution in [0.2, 0.25) is 0 Å². The first-order chi connectivity index (χ1) is 15.8. The summed E-state index contributed by atoms with van der Waals surface area (Å²) in [7, 11) is 1.65. The molecular weight excluding hydrogens is 400 g/mol. The molecule has 6 nitrogen and oxygen atoms in total. The summed E-state index contributed by atoms with van der Waals surface area (Å²) in [5.74, 6) is 1.98. The Balaban J connectivity index is 1.56. The van der Waals surface area contributed by atoms with E-state index in [0.29, 0.717) is 22.8 Å². The summed E-state index contributed by atoms with van der Waals surface area (Å²) in [4.78, 5) is 9.51. The number of hydrogen-bond acceptors (Lipinski definition) is 5. The van der Waals surface area contributed by atoms with Gasteiger partial charge in [-0.1, -0.05) is 60.7 Å². The zero-order valence-corrected chi connectivity index (χ0v) is 17.3. The Morgan fingerprint density at radius 2 is 1.44 bits per heavy atom. The van der Waals surface area contributed by atoms with Gasteiger partial charge in [-0.15, -0.1) is 0 Å². The van der Waals surface area contributed by atoms with E-state index >= 15 is 0 Å². The molecule has 3 aromatic carbocycles. The number of aromatic nitrogens is 4. The number of hydrogen-bond donors (Lipinski definition) is 0. The molecule has 3 aromatic heterocycles. The maximum atomic E-state index is 6.03. The number of fused-ring (bicyclic) bond motifs is 2. The van der Waals surface area contributed by atoms with Crippen LogP contribution in [0.15, 0.2) is 95.4 Å². The zero-order chi connectivity index (χ0) is 21.5. The average Bonchev–Trinajstić information content (AvgIpc) is 3.44. The van der Waals surface area contributed by atoms with E-state index in [1.54, 1.807) is 11.6 Å². The van der Waals surface area contributed by atoms with Gasteiger partial charge in [-0.2, -0.15) is 14.6 Å². The SMILES string of the molecule is COc1ccc(-c2cc3nn4c(-c5ccccc5)c(-c5ccccc5)nc4nc3o2)cc1. The summed E-state index contributed by atoms with van der Waals surface area (Å²) in [5.41, 5.74) is 5.80. The molecule has 0 atom stereocenters. The average molecular weight is 418 g/mol. The van der Waals surface area contributed by atoms with Gasteiger partial charge in [-0.05, 0) is 24.3 Å². The normalized spacial score (nSPS) is 11.3. The molecule has 0 radical (unpaired) electrons. The summed E-state index contributed by atoms with van der Waals surface area (Å²) in [5, 5.41) is 4.85. The Hall–Kier alpha value is -4.45. The standard InChI is InChI=1S/C26H18N4O2/c1-31-20-14-12-17(13-15-20)22-16-21-25(32-22)28-26-27-23(18-8-4-2-5-9-18)24(30(26)29-21)19-10-6-3-7-11-19/h2-16H,1H3. The van der Waals surface area contributed by atoms with Crippen molar-refractivity contribution in [3.63, 3.8) is 0 Å². The minimum absolute atomic E-state index is 0.451. The fraction of sp³-hybridized carbons (Fsp3) is 0.0385. The lowest BCUT2D eigenvalue weighted by Gasteiger charge is -2.04. The van der Waals surface area contributed by atoms with Crippen LogP contribution in [0.25, 0.3) is 50.8 Å². The number of ether oxygens (including phenoxy) is 1. The Kier molecular flexibility index (Phi) is 4.21. The van der Waals surface area contributed by atoms with Crippen molar-refractivity contribution < 1.29 is 9.15 Å². The van der Waals surface area contributed by atoms with Gasteiger partial charge in [0.05, 0.1) is 7.11 Å². The van der Waals surface area contributed by atoms with Crippen LogP contribution in [0.3, 0.4) is 0 Å². The quantitative estimate of drug-likeness (QED) is 0.358. The van der Waals surface area contributed by atoms with E-state index in [0.717, 1.165) is 33.8 Å². The number of nitrogens with zero attached hydrogens (tertiary/aromatic N) is 4. The largest absolute Gasteiger partial charge is 0.497 e. The molecule has 6 rings (SSSR count). The van der Waals surface area contributed by atoms with Crippen molar-refractivity contribution >= 4 is 17.0 Å². The van der Waals surface area contributed by atoms with Crippen molar-refractivity contribution in [2.24, 2.45) is 0 Å². The smallest absolute Gasteiger partial charge is 0.255 e. The third-order valence-corrected chi connectivity index (χ3v) is 5.41. The van der Waals surface area contributed by atoms with E-state index in [9.17, 15) is 0 Å².